The number of imide groups is 1. The molecule has 140 valence electrons. The number of carbonyl (C=O) groups is 3. The van der Waals surface area contributed by atoms with Crippen LogP contribution in [0.1, 0.15) is 23.2 Å². The van der Waals surface area contributed by atoms with Crippen molar-refractivity contribution in [2.75, 3.05) is 32.8 Å². The number of hydrogen-bond donors (Lipinski definition) is 0. The fourth-order valence-corrected chi connectivity index (χ4v) is 4.27. The molecule has 0 saturated carbocycles. The van der Waals surface area contributed by atoms with Crippen molar-refractivity contribution in [1.82, 2.24) is 9.21 Å². The number of cyclic esters (lactones) is 1. The van der Waals surface area contributed by atoms with Crippen molar-refractivity contribution in [2.24, 2.45) is 0 Å². The zero-order chi connectivity index (χ0) is 18.7. The summed E-state index contributed by atoms with van der Waals surface area (Å²) in [5.41, 5.74) is 0.113. The minimum atomic E-state index is -3.56. The van der Waals surface area contributed by atoms with E-state index in [4.69, 9.17) is 4.74 Å². The summed E-state index contributed by atoms with van der Waals surface area (Å²) in [4.78, 5) is 36.0. The molecule has 0 aromatic heterocycles. The summed E-state index contributed by atoms with van der Waals surface area (Å²) in [7, 11) is -3.56. The topological polar surface area (TPSA) is 110 Å². The van der Waals surface area contributed by atoms with E-state index < -0.39 is 34.6 Å². The van der Waals surface area contributed by atoms with Gasteiger partial charge in [0.1, 0.15) is 6.61 Å². The van der Waals surface area contributed by atoms with E-state index in [0.29, 0.717) is 13.1 Å². The largest absolute Gasteiger partial charge is 0.452 e. The Balaban J connectivity index is 1.60. The highest BCUT2D eigenvalue weighted by molar-refractivity contribution is 7.89. The zero-order valence-electron chi connectivity index (χ0n) is 13.9. The van der Waals surface area contributed by atoms with E-state index in [-0.39, 0.29) is 23.6 Å². The maximum absolute atomic E-state index is 12.4. The van der Waals surface area contributed by atoms with Gasteiger partial charge in [-0.25, -0.2) is 22.9 Å². The summed E-state index contributed by atoms with van der Waals surface area (Å²) >= 11 is 0. The SMILES string of the molecule is O=C(OCC(=O)N1CCOC1=O)c1ccc(S(=O)(=O)N2CCCC2)cc1. The molecule has 1 aromatic rings. The number of carbonyl (C=O) groups excluding carboxylic acids is 3. The summed E-state index contributed by atoms with van der Waals surface area (Å²) in [5, 5.41) is 0. The van der Waals surface area contributed by atoms with Gasteiger partial charge in [0.25, 0.3) is 5.91 Å². The van der Waals surface area contributed by atoms with Crippen molar-refractivity contribution in [3.63, 3.8) is 0 Å². The Bertz CT molecular complexity index is 814. The van der Waals surface area contributed by atoms with Gasteiger partial charge in [0.2, 0.25) is 10.0 Å². The Morgan fingerprint density at radius 1 is 1.08 bits per heavy atom. The molecule has 9 nitrogen and oxygen atoms in total. The molecule has 2 aliphatic heterocycles. The predicted octanol–water partition coefficient (Wildman–Crippen LogP) is 0.607. The lowest BCUT2D eigenvalue weighted by Gasteiger charge is -2.15. The third kappa shape index (κ3) is 3.70. The Kier molecular flexibility index (Phi) is 5.23. The van der Waals surface area contributed by atoms with Gasteiger partial charge in [-0.05, 0) is 37.1 Å². The highest BCUT2D eigenvalue weighted by Crippen LogP contribution is 2.21. The second-order valence-corrected chi connectivity index (χ2v) is 7.81. The third-order valence-corrected chi connectivity index (χ3v) is 6.09. The van der Waals surface area contributed by atoms with Crippen LogP contribution in [0.4, 0.5) is 4.79 Å². The highest BCUT2D eigenvalue weighted by Gasteiger charge is 2.29. The molecule has 10 heteroatoms. The zero-order valence-corrected chi connectivity index (χ0v) is 14.7. The minimum Gasteiger partial charge on any atom is -0.452 e. The van der Waals surface area contributed by atoms with Crippen molar-refractivity contribution in [3.05, 3.63) is 29.8 Å². The fraction of sp³-hybridized carbons (Fsp3) is 0.438. The van der Waals surface area contributed by atoms with Crippen molar-refractivity contribution in [1.29, 1.82) is 0 Å². The van der Waals surface area contributed by atoms with Crippen LogP contribution < -0.4 is 0 Å². The number of ether oxygens (including phenoxy) is 2. The van der Waals surface area contributed by atoms with Crippen molar-refractivity contribution in [2.45, 2.75) is 17.7 Å². The molecule has 0 unspecified atom stereocenters. The van der Waals surface area contributed by atoms with Crippen LogP contribution in [-0.2, 0) is 24.3 Å². The van der Waals surface area contributed by atoms with E-state index in [9.17, 15) is 22.8 Å². The normalized spacial score (nSPS) is 18.0. The minimum absolute atomic E-state index is 0.104. The van der Waals surface area contributed by atoms with Crippen LogP contribution in [0.15, 0.2) is 29.2 Å². The fourth-order valence-electron chi connectivity index (χ4n) is 2.75. The number of hydrogen-bond acceptors (Lipinski definition) is 7. The molecule has 0 N–H and O–H groups in total. The summed E-state index contributed by atoms with van der Waals surface area (Å²) < 4.78 is 35.8. The van der Waals surface area contributed by atoms with E-state index in [1.54, 1.807) is 0 Å². The Morgan fingerprint density at radius 2 is 1.73 bits per heavy atom. The van der Waals surface area contributed by atoms with Crippen LogP contribution >= 0.6 is 0 Å². The molecule has 2 amide bonds. The first kappa shape index (κ1) is 18.3. The van der Waals surface area contributed by atoms with E-state index >= 15 is 0 Å². The number of amides is 2. The summed E-state index contributed by atoms with van der Waals surface area (Å²) in [6, 6.07) is 5.34. The molecule has 2 aliphatic rings. The monoisotopic (exact) mass is 382 g/mol. The maximum atomic E-state index is 12.4. The van der Waals surface area contributed by atoms with Gasteiger partial charge in [-0.1, -0.05) is 0 Å². The van der Waals surface area contributed by atoms with Gasteiger partial charge in [-0.15, -0.1) is 0 Å². The summed E-state index contributed by atoms with van der Waals surface area (Å²) in [5.74, 6) is -1.45. The molecule has 26 heavy (non-hydrogen) atoms. The molecule has 1 aromatic carbocycles. The van der Waals surface area contributed by atoms with E-state index in [1.165, 1.54) is 28.6 Å². The summed E-state index contributed by atoms with van der Waals surface area (Å²) in [6.45, 7) is 0.631. The van der Waals surface area contributed by atoms with E-state index in [2.05, 4.69) is 4.74 Å². The molecular formula is C16H18N2O7S. The number of esters is 1. The molecule has 0 atom stereocenters. The lowest BCUT2D eigenvalue weighted by Crippen LogP contribution is -2.35. The van der Waals surface area contributed by atoms with Gasteiger partial charge < -0.3 is 9.47 Å². The standard InChI is InChI=1S/C16H18N2O7S/c19-14(18-9-10-24-16(18)21)11-25-15(20)12-3-5-13(6-4-12)26(22,23)17-7-1-2-8-17/h3-6H,1-2,7-11H2. The van der Waals surface area contributed by atoms with Crippen LogP contribution in [-0.4, -0.2) is 68.4 Å². The van der Waals surface area contributed by atoms with Crippen molar-refractivity contribution >= 4 is 28.0 Å². The molecule has 0 spiro atoms. The smallest absolute Gasteiger partial charge is 0.416 e. The van der Waals surface area contributed by atoms with Crippen LogP contribution in [0.25, 0.3) is 0 Å². The second-order valence-electron chi connectivity index (χ2n) is 5.87. The molecule has 0 aliphatic carbocycles. The highest BCUT2D eigenvalue weighted by atomic mass is 32.2. The van der Waals surface area contributed by atoms with Gasteiger partial charge >= 0.3 is 12.1 Å². The molecule has 0 radical (unpaired) electrons. The van der Waals surface area contributed by atoms with Gasteiger partial charge in [0.05, 0.1) is 17.0 Å². The van der Waals surface area contributed by atoms with Gasteiger partial charge in [-0.2, -0.15) is 4.31 Å². The Morgan fingerprint density at radius 3 is 2.31 bits per heavy atom. The number of sulfonamides is 1. The first-order chi connectivity index (χ1) is 12.4. The quantitative estimate of drug-likeness (QED) is 0.686. The Labute approximate surface area is 150 Å². The maximum Gasteiger partial charge on any atom is 0.416 e. The third-order valence-electron chi connectivity index (χ3n) is 4.18. The van der Waals surface area contributed by atoms with Crippen LogP contribution in [0.2, 0.25) is 0 Å². The van der Waals surface area contributed by atoms with E-state index in [1.807, 2.05) is 0 Å². The van der Waals surface area contributed by atoms with Crippen molar-refractivity contribution < 1.29 is 32.3 Å². The van der Waals surface area contributed by atoms with Crippen molar-refractivity contribution in [3.8, 4) is 0 Å². The number of benzene rings is 1. The molecule has 0 bridgehead atoms. The lowest BCUT2D eigenvalue weighted by atomic mass is 10.2. The number of nitrogens with zero attached hydrogens (tertiary/aromatic N) is 2. The molecule has 3 rings (SSSR count). The molecular weight excluding hydrogens is 364 g/mol. The Hall–Kier alpha value is -2.46. The van der Waals surface area contributed by atoms with Crippen LogP contribution in [0.3, 0.4) is 0 Å². The van der Waals surface area contributed by atoms with Gasteiger partial charge in [0, 0.05) is 13.1 Å². The average Bonchev–Trinajstić information content (AvgIpc) is 3.31. The first-order valence-electron chi connectivity index (χ1n) is 8.14. The molecule has 2 heterocycles. The molecule has 2 saturated heterocycles. The van der Waals surface area contributed by atoms with Crippen LogP contribution in [0, 0.1) is 0 Å². The second kappa shape index (κ2) is 7.42. The van der Waals surface area contributed by atoms with E-state index in [0.717, 1.165) is 17.7 Å². The van der Waals surface area contributed by atoms with Gasteiger partial charge in [-0.3, -0.25) is 4.79 Å². The van der Waals surface area contributed by atoms with Gasteiger partial charge in [0.15, 0.2) is 6.61 Å². The average molecular weight is 382 g/mol. The molecule has 2 fully saturated rings. The van der Waals surface area contributed by atoms with Crippen LogP contribution in [0.5, 0.6) is 0 Å². The number of rotatable bonds is 5. The lowest BCUT2D eigenvalue weighted by molar-refractivity contribution is -0.131. The predicted molar refractivity (Wildman–Crippen MR) is 87.8 cm³/mol. The summed E-state index contributed by atoms with van der Waals surface area (Å²) in [6.07, 6.45) is 0.910. The first-order valence-corrected chi connectivity index (χ1v) is 9.58.